The molecule has 108 valence electrons. The highest BCUT2D eigenvalue weighted by molar-refractivity contribution is 8.03. The molecule has 0 heterocycles. The van der Waals surface area contributed by atoms with Crippen LogP contribution in [0.15, 0.2) is 0 Å². The lowest BCUT2D eigenvalue weighted by molar-refractivity contribution is 0.233. The summed E-state index contributed by atoms with van der Waals surface area (Å²) in [5.74, 6) is 0. The van der Waals surface area contributed by atoms with Crippen LogP contribution in [-0.4, -0.2) is 65.9 Å². The maximum atomic E-state index is 11.4. The van der Waals surface area contributed by atoms with Crippen molar-refractivity contribution in [3.63, 3.8) is 0 Å². The van der Waals surface area contributed by atoms with Gasteiger partial charge in [0.2, 0.25) is 20.0 Å². The molecule has 0 unspecified atom stereocenters. The van der Waals surface area contributed by atoms with Gasteiger partial charge >= 0.3 is 16.2 Å². The second kappa shape index (κ2) is 4.99. The second-order valence-electron chi connectivity index (χ2n) is 3.29. The van der Waals surface area contributed by atoms with E-state index in [1.807, 2.05) is 0 Å². The Labute approximate surface area is 106 Å². The van der Waals surface area contributed by atoms with Crippen LogP contribution in [0.25, 0.3) is 0 Å². The van der Waals surface area contributed by atoms with E-state index in [1.54, 1.807) is 0 Å². The first kappa shape index (κ1) is 17.1. The molecule has 0 aromatic rings. The van der Waals surface area contributed by atoms with Crippen LogP contribution >= 0.6 is 0 Å². The van der Waals surface area contributed by atoms with Gasteiger partial charge in [-0.3, -0.25) is 0 Å². The van der Waals surface area contributed by atoms with E-state index in [0.717, 1.165) is 7.05 Å². The molecule has 10 nitrogen and oxygen atoms in total. The largest absolute Gasteiger partial charge is 0.345 e. The number of urea groups is 1. The van der Waals surface area contributed by atoms with Crippen LogP contribution in [0.3, 0.4) is 0 Å². The van der Waals surface area contributed by atoms with Crippen molar-refractivity contribution in [3.05, 3.63) is 0 Å². The summed E-state index contributed by atoms with van der Waals surface area (Å²) in [6, 6.07) is -1.49. The average Bonchev–Trinajstić information content (AvgIpc) is 2.11. The molecule has 0 radical (unpaired) electrons. The van der Waals surface area contributed by atoms with Crippen molar-refractivity contribution >= 4 is 36.3 Å². The first-order chi connectivity index (χ1) is 7.69. The van der Waals surface area contributed by atoms with Crippen LogP contribution in [0.1, 0.15) is 0 Å². The highest BCUT2D eigenvalue weighted by atomic mass is 32.3. The molecule has 18 heavy (non-hydrogen) atoms. The van der Waals surface area contributed by atoms with Crippen LogP contribution in [0.4, 0.5) is 4.79 Å². The number of carbonyl (C=O) groups excluding carboxylic acids is 1. The van der Waals surface area contributed by atoms with Crippen LogP contribution in [0.5, 0.6) is 0 Å². The Bertz CT molecular complexity index is 632. The predicted octanol–water partition coefficient (Wildman–Crippen LogP) is -2.28. The lowest BCUT2D eigenvalue weighted by Gasteiger charge is -2.18. The van der Waals surface area contributed by atoms with E-state index in [0.29, 0.717) is 19.6 Å². The van der Waals surface area contributed by atoms with Gasteiger partial charge in [0.1, 0.15) is 0 Å². The van der Waals surface area contributed by atoms with Crippen molar-refractivity contribution in [2.45, 2.75) is 0 Å². The third-order valence-corrected chi connectivity index (χ3v) is 6.41. The lowest BCUT2D eigenvalue weighted by atomic mass is 11.0. The van der Waals surface area contributed by atoms with E-state index >= 15 is 0 Å². The Morgan fingerprint density at radius 3 is 1.56 bits per heavy atom. The average molecular weight is 323 g/mol. The van der Waals surface area contributed by atoms with Crippen molar-refractivity contribution in [1.82, 2.24) is 12.7 Å². The van der Waals surface area contributed by atoms with Crippen LogP contribution < -0.4 is 4.72 Å². The quantitative estimate of drug-likeness (QED) is 0.615. The Morgan fingerprint density at radius 1 is 0.889 bits per heavy atom. The van der Waals surface area contributed by atoms with E-state index in [9.17, 15) is 30.0 Å². The predicted molar refractivity (Wildman–Crippen MR) is 62.7 cm³/mol. The standard InChI is InChI=1S/C5H13N3O7S3/c1-7(16(3,10)11)5(9)6-18(14,15)8(2)17(4,12)13/h1-4H3,(H,6,9). The van der Waals surface area contributed by atoms with Gasteiger partial charge in [-0.2, -0.15) is 8.42 Å². The number of hydrogen-bond donors (Lipinski definition) is 1. The van der Waals surface area contributed by atoms with Gasteiger partial charge in [-0.25, -0.2) is 30.7 Å². The molecule has 0 aliphatic rings. The topological polar surface area (TPSA) is 138 Å². The molecular formula is C5H13N3O7S3. The smallest absolute Gasteiger partial charge is 0.246 e. The van der Waals surface area contributed by atoms with E-state index in [1.165, 1.54) is 4.72 Å². The van der Waals surface area contributed by atoms with Gasteiger partial charge in [0, 0.05) is 14.1 Å². The molecular weight excluding hydrogens is 310 g/mol. The van der Waals surface area contributed by atoms with Crippen molar-refractivity contribution in [1.29, 1.82) is 0 Å². The maximum absolute atomic E-state index is 11.4. The van der Waals surface area contributed by atoms with Gasteiger partial charge in [-0.1, -0.05) is 3.71 Å². The number of rotatable bonds is 4. The molecule has 0 saturated carbocycles. The van der Waals surface area contributed by atoms with Gasteiger partial charge in [0.15, 0.2) is 0 Å². The number of sulfonamides is 2. The minimum Gasteiger partial charge on any atom is -0.246 e. The summed E-state index contributed by atoms with van der Waals surface area (Å²) < 4.78 is 68.1. The van der Waals surface area contributed by atoms with Crippen LogP contribution in [0, 0.1) is 0 Å². The van der Waals surface area contributed by atoms with Crippen LogP contribution in [-0.2, 0) is 30.3 Å². The second-order valence-corrected chi connectivity index (χ2v) is 9.25. The van der Waals surface area contributed by atoms with E-state index in [-0.39, 0.29) is 8.02 Å². The molecule has 1 N–H and O–H groups in total. The first-order valence-corrected chi connectivity index (χ1v) is 9.28. The molecule has 0 bridgehead atoms. The summed E-state index contributed by atoms with van der Waals surface area (Å²) in [4.78, 5) is 11.3. The molecule has 0 aliphatic carbocycles. The lowest BCUT2D eigenvalue weighted by Crippen LogP contribution is -2.49. The zero-order valence-electron chi connectivity index (χ0n) is 9.98. The Morgan fingerprint density at radius 2 is 1.28 bits per heavy atom. The SMILES string of the molecule is CN(C(=O)NS(=O)(=O)N(C)S(C)(=O)=O)S(C)(=O)=O. The van der Waals surface area contributed by atoms with Crippen LogP contribution in [0.2, 0.25) is 0 Å². The third kappa shape index (κ3) is 4.40. The van der Waals surface area contributed by atoms with Crippen molar-refractivity contribution < 1.29 is 30.0 Å². The summed E-state index contributed by atoms with van der Waals surface area (Å²) in [6.45, 7) is 0. The Kier molecular flexibility index (Phi) is 4.73. The zero-order chi connectivity index (χ0) is 14.9. The minimum atomic E-state index is -4.68. The summed E-state index contributed by atoms with van der Waals surface area (Å²) >= 11 is 0. The fourth-order valence-corrected chi connectivity index (χ4v) is 3.00. The Hall–Kier alpha value is -0.920. The normalized spacial score (nSPS) is 13.4. The summed E-state index contributed by atoms with van der Waals surface area (Å²) in [5.41, 5.74) is 0. The highest BCUT2D eigenvalue weighted by Gasteiger charge is 2.30. The van der Waals surface area contributed by atoms with Gasteiger partial charge in [0.05, 0.1) is 12.5 Å². The van der Waals surface area contributed by atoms with Gasteiger partial charge in [-0.15, -0.1) is 0 Å². The molecule has 0 saturated heterocycles. The van der Waals surface area contributed by atoms with E-state index < -0.39 is 36.3 Å². The summed E-state index contributed by atoms with van der Waals surface area (Å²) in [6.07, 6.45) is 1.29. The number of nitrogens with zero attached hydrogens (tertiary/aromatic N) is 2. The van der Waals surface area contributed by atoms with E-state index in [4.69, 9.17) is 0 Å². The Balaban J connectivity index is 5.21. The zero-order valence-corrected chi connectivity index (χ0v) is 12.4. The molecule has 0 aromatic heterocycles. The van der Waals surface area contributed by atoms with Gasteiger partial charge < -0.3 is 0 Å². The van der Waals surface area contributed by atoms with Gasteiger partial charge in [-0.05, 0) is 0 Å². The summed E-state index contributed by atoms with van der Waals surface area (Å²) in [5, 5.41) is 0. The number of amides is 2. The first-order valence-electron chi connectivity index (χ1n) is 4.14. The van der Waals surface area contributed by atoms with Crippen molar-refractivity contribution in [3.8, 4) is 0 Å². The van der Waals surface area contributed by atoms with E-state index in [2.05, 4.69) is 0 Å². The number of carbonyl (C=O) groups is 1. The number of hydrogen-bond acceptors (Lipinski definition) is 7. The molecule has 0 fully saturated rings. The highest BCUT2D eigenvalue weighted by Crippen LogP contribution is 2.02. The number of nitrogens with one attached hydrogen (secondary N) is 1. The van der Waals surface area contributed by atoms with Crippen molar-refractivity contribution in [2.75, 3.05) is 26.6 Å². The molecule has 0 rings (SSSR count). The molecule has 0 aromatic carbocycles. The monoisotopic (exact) mass is 323 g/mol. The fraction of sp³-hybridized carbons (Fsp3) is 0.800. The molecule has 13 heteroatoms. The van der Waals surface area contributed by atoms with Crippen molar-refractivity contribution in [2.24, 2.45) is 0 Å². The molecule has 0 spiro atoms. The maximum Gasteiger partial charge on any atom is 0.345 e. The summed E-state index contributed by atoms with van der Waals surface area (Å²) in [7, 11) is -11.2. The minimum absolute atomic E-state index is 0.0893. The molecule has 2 amide bonds. The third-order valence-electron chi connectivity index (χ3n) is 1.81. The molecule has 0 aliphatic heterocycles. The fourth-order valence-electron chi connectivity index (χ4n) is 0.568. The van der Waals surface area contributed by atoms with Gasteiger partial charge in [0.25, 0.3) is 0 Å². The molecule has 0 atom stereocenters.